The van der Waals surface area contributed by atoms with Gasteiger partial charge in [0, 0.05) is 31.9 Å². The third-order valence-electron chi connectivity index (χ3n) is 17.4. The number of aromatic nitrogens is 4. The SMILES string of the molecule is CP(C)(=O)c1ccc2c3ccc(-c4ccc5c6ccccc6c6ccccc6c5c4)cc3n3c4ccccc4nc3c2c1.C[P+](C)=O.Clc1ccc2c3ccc(-c4ccc5c6ccccc6c6ccccc6c5c4)cc3n3c4ccccc4nc3c2c1. The highest BCUT2D eigenvalue weighted by Gasteiger charge is 2.20. The third kappa shape index (κ3) is 8.65. The lowest BCUT2D eigenvalue weighted by atomic mass is 9.92. The molecule has 0 saturated heterocycles. The normalized spacial score (nSPS) is 12.1. The van der Waals surface area contributed by atoms with Crippen molar-refractivity contribution in [2.24, 2.45) is 0 Å². The summed E-state index contributed by atoms with van der Waals surface area (Å²) in [4.78, 5) is 10.1. The van der Waals surface area contributed by atoms with Gasteiger partial charge in [0.25, 0.3) is 0 Å². The van der Waals surface area contributed by atoms with E-state index in [0.717, 1.165) is 82.2 Å². The molecule has 6 nitrogen and oxygen atoms in total. The van der Waals surface area contributed by atoms with Gasteiger partial charge < -0.3 is 4.57 Å². The Bertz CT molecular complexity index is 5970. The molecular weight excluding hydrogens is 1120 g/mol. The fraction of sp³-hybridized carbons (Fsp3) is 0.0513. The molecule has 4 aromatic heterocycles. The Morgan fingerprint density at radius 2 is 0.621 bits per heavy atom. The second-order valence-electron chi connectivity index (χ2n) is 23.3. The summed E-state index contributed by atoms with van der Waals surface area (Å²) in [5.74, 6) is 0. The Kier molecular flexibility index (Phi) is 12.4. The first-order valence-electron chi connectivity index (χ1n) is 29.2. The number of rotatable bonds is 3. The maximum Gasteiger partial charge on any atom is 0.332 e. The molecule has 0 radical (unpaired) electrons. The van der Waals surface area contributed by atoms with Gasteiger partial charge in [-0.2, -0.15) is 0 Å². The van der Waals surface area contributed by atoms with Crippen LogP contribution in [0.4, 0.5) is 0 Å². The molecule has 414 valence electrons. The predicted octanol–water partition coefficient (Wildman–Crippen LogP) is 21.8. The number of fused-ring (bicyclic) bond motifs is 28. The number of pyridine rings is 2. The van der Waals surface area contributed by atoms with Gasteiger partial charge in [-0.3, -0.25) is 8.80 Å². The Balaban J connectivity index is 0.000000133. The molecule has 0 aliphatic carbocycles. The van der Waals surface area contributed by atoms with Gasteiger partial charge in [0.1, 0.15) is 31.8 Å². The highest BCUT2D eigenvalue weighted by molar-refractivity contribution is 7.70. The van der Waals surface area contributed by atoms with Crippen LogP contribution in [0, 0.1) is 0 Å². The van der Waals surface area contributed by atoms with Crippen LogP contribution in [0.3, 0.4) is 0 Å². The minimum atomic E-state index is -2.43. The molecule has 9 heteroatoms. The van der Waals surface area contributed by atoms with Crippen LogP contribution in [0.5, 0.6) is 0 Å². The summed E-state index contributed by atoms with van der Waals surface area (Å²) in [5, 5.41) is 23.7. The first kappa shape index (κ1) is 52.7. The monoisotopic (exact) mass is 1180 g/mol. The summed E-state index contributed by atoms with van der Waals surface area (Å²) in [6.07, 6.45) is 0. The molecule has 0 saturated carbocycles. The Morgan fingerprint density at radius 1 is 0.322 bits per heavy atom. The fourth-order valence-corrected chi connectivity index (χ4v) is 14.6. The van der Waals surface area contributed by atoms with Gasteiger partial charge >= 0.3 is 7.80 Å². The molecule has 0 atom stereocenters. The lowest BCUT2D eigenvalue weighted by Crippen LogP contribution is -2.03. The van der Waals surface area contributed by atoms with Crippen molar-refractivity contribution in [1.29, 1.82) is 0 Å². The van der Waals surface area contributed by atoms with Gasteiger partial charge in [0.05, 0.1) is 33.1 Å². The maximum atomic E-state index is 13.1. The number of hydrogen-bond acceptors (Lipinski definition) is 4. The molecule has 0 aliphatic rings. The van der Waals surface area contributed by atoms with Crippen LogP contribution < -0.4 is 5.30 Å². The quantitative estimate of drug-likeness (QED) is 0.131. The Hall–Kier alpha value is -9.80. The third-order valence-corrected chi connectivity index (χ3v) is 19.2. The van der Waals surface area contributed by atoms with E-state index in [1.807, 2.05) is 43.7 Å². The summed E-state index contributed by atoms with van der Waals surface area (Å²) >= 11 is 6.46. The van der Waals surface area contributed by atoms with Crippen molar-refractivity contribution in [3.63, 3.8) is 0 Å². The average Bonchev–Trinajstić information content (AvgIpc) is 2.01. The summed E-state index contributed by atoms with van der Waals surface area (Å²) in [6.45, 7) is 7.01. The topological polar surface area (TPSA) is 68.7 Å². The van der Waals surface area contributed by atoms with Gasteiger partial charge in [0.2, 0.25) is 0 Å². The van der Waals surface area contributed by atoms with Crippen LogP contribution in [0.15, 0.2) is 255 Å². The van der Waals surface area contributed by atoms with Crippen LogP contribution in [0.2, 0.25) is 5.02 Å². The first-order valence-corrected chi connectivity index (χ1v) is 34.3. The zero-order valence-electron chi connectivity index (χ0n) is 48.1. The molecule has 0 amide bonds. The average molecular weight is 1180 g/mol. The van der Waals surface area contributed by atoms with Crippen LogP contribution >= 0.6 is 26.5 Å². The molecule has 87 heavy (non-hydrogen) atoms. The predicted molar refractivity (Wildman–Crippen MR) is 375 cm³/mol. The summed E-state index contributed by atoms with van der Waals surface area (Å²) in [5.41, 5.74) is 12.9. The van der Waals surface area contributed by atoms with Crippen molar-refractivity contribution in [2.75, 3.05) is 26.7 Å². The molecule has 0 aliphatic heterocycles. The molecule has 4 heterocycles. The highest BCUT2D eigenvalue weighted by atomic mass is 35.5. The number of benzene rings is 14. The molecular formula is C78H54ClN4O2P2+. The zero-order valence-corrected chi connectivity index (χ0v) is 50.7. The zero-order chi connectivity index (χ0) is 58.8. The maximum absolute atomic E-state index is 13.1. The molecule has 0 spiro atoms. The van der Waals surface area contributed by atoms with E-state index in [2.05, 4.69) is 233 Å². The lowest BCUT2D eigenvalue weighted by Gasteiger charge is -2.14. The minimum Gasteiger partial charge on any atom is -0.319 e. The van der Waals surface area contributed by atoms with Crippen molar-refractivity contribution < 1.29 is 9.13 Å². The van der Waals surface area contributed by atoms with Crippen LogP contribution in [-0.2, 0) is 9.13 Å². The van der Waals surface area contributed by atoms with E-state index in [4.69, 9.17) is 21.6 Å². The van der Waals surface area contributed by atoms with Crippen molar-refractivity contribution in [3.8, 4) is 22.3 Å². The standard InChI is InChI=1S/C39H27N2OP.C37H21ClN2.C2H6OP/c1-43(2,42)26-17-20-32-33-19-16-25(22-38(33)41-37-14-8-7-13-36(37)40-39(41)35(32)23-26)24-15-18-31-29-11-4-3-9-27(29)28-10-5-6-12-30(28)34(31)21-24;38-24-15-18-30-31-17-14-23(20-36(31)40-35-12-6-5-11-34(35)39-37(40)33(30)21-24)22-13-16-29-27-9-2-1-7-25(27)26-8-3-4-10-28(26)32(29)19-22;1-4(2)3/h3-23H,1-2H3;1-21H;1-2H3/q;;+1. The molecule has 18 aromatic rings. The van der Waals surface area contributed by atoms with Crippen molar-refractivity contribution in [2.45, 2.75) is 0 Å². The lowest BCUT2D eigenvalue weighted by molar-refractivity contribution is 0.588. The number of nitrogens with zero attached hydrogens (tertiary/aromatic N) is 4. The Morgan fingerprint density at radius 3 is 1.02 bits per heavy atom. The van der Waals surface area contributed by atoms with Gasteiger partial charge in [-0.1, -0.05) is 204 Å². The summed E-state index contributed by atoms with van der Waals surface area (Å²) in [7, 11) is -3.30. The van der Waals surface area contributed by atoms with Gasteiger partial charge in [-0.25, -0.2) is 9.97 Å². The number of hydrogen-bond donors (Lipinski definition) is 0. The molecule has 0 N–H and O–H groups in total. The molecule has 0 bridgehead atoms. The van der Waals surface area contributed by atoms with E-state index in [9.17, 15) is 9.13 Å². The second-order valence-corrected chi connectivity index (χ2v) is 28.5. The van der Waals surface area contributed by atoms with E-state index in [1.165, 1.54) is 86.7 Å². The molecule has 18 rings (SSSR count). The summed E-state index contributed by atoms with van der Waals surface area (Å²) < 4.78 is 27.2. The van der Waals surface area contributed by atoms with E-state index >= 15 is 0 Å². The van der Waals surface area contributed by atoms with Gasteiger partial charge in [-0.15, -0.1) is 0 Å². The van der Waals surface area contributed by atoms with Crippen LogP contribution in [0.25, 0.3) is 164 Å². The summed E-state index contributed by atoms with van der Waals surface area (Å²) in [6, 6.07) is 91.2. The first-order chi connectivity index (χ1) is 42.4. The van der Waals surface area contributed by atoms with Gasteiger partial charge in [-0.05, 0) is 178 Å². The molecule has 0 fully saturated rings. The van der Waals surface area contributed by atoms with Crippen molar-refractivity contribution in [3.05, 3.63) is 260 Å². The smallest absolute Gasteiger partial charge is 0.319 e. The highest BCUT2D eigenvalue weighted by Crippen LogP contribution is 2.43. The molecule has 14 aromatic carbocycles. The van der Waals surface area contributed by atoms with E-state index < -0.39 is 14.9 Å². The number of halogens is 1. The number of para-hydroxylation sites is 4. The second kappa shape index (κ2) is 20.4. The number of imidazole rings is 2. The van der Waals surface area contributed by atoms with Crippen LogP contribution in [0.1, 0.15) is 0 Å². The molecule has 0 unspecified atom stereocenters. The van der Waals surface area contributed by atoms with E-state index in [-0.39, 0.29) is 0 Å². The Labute approximate surface area is 506 Å². The van der Waals surface area contributed by atoms with E-state index in [0.29, 0.717) is 5.02 Å². The van der Waals surface area contributed by atoms with E-state index in [1.54, 1.807) is 13.3 Å². The minimum absolute atomic E-state index is 0.716. The van der Waals surface area contributed by atoms with Crippen LogP contribution in [-0.4, -0.2) is 45.4 Å². The largest absolute Gasteiger partial charge is 0.332 e. The van der Waals surface area contributed by atoms with Crippen molar-refractivity contribution >= 4 is 173 Å². The van der Waals surface area contributed by atoms with Crippen molar-refractivity contribution in [1.82, 2.24) is 18.8 Å². The van der Waals surface area contributed by atoms with Gasteiger partial charge in [0.15, 0.2) is 0 Å². The fourth-order valence-electron chi connectivity index (χ4n) is 13.5.